The number of nitrogens with zero attached hydrogens (tertiary/aromatic N) is 1. The highest BCUT2D eigenvalue weighted by Gasteiger charge is 2.26. The second-order valence-corrected chi connectivity index (χ2v) is 6.77. The fourth-order valence-electron chi connectivity index (χ4n) is 3.93. The minimum atomic E-state index is 0.188. The topological polar surface area (TPSA) is 41.6 Å². The van der Waals surface area contributed by atoms with Crippen molar-refractivity contribution >= 4 is 5.91 Å². The van der Waals surface area contributed by atoms with Gasteiger partial charge in [0.1, 0.15) is 0 Å². The molecule has 1 aromatic rings. The molecule has 0 atom stereocenters. The van der Waals surface area contributed by atoms with Crippen LogP contribution in [-0.2, 0) is 4.74 Å². The second-order valence-electron chi connectivity index (χ2n) is 6.77. The molecule has 2 heterocycles. The van der Waals surface area contributed by atoms with E-state index in [0.717, 1.165) is 57.4 Å². The SMILES string of the molecule is COC1CCN(C(=O)c2cccc(C3CCNCC3)c2C)CC1. The number of likely N-dealkylation sites (tertiary alicyclic amines) is 1. The number of nitrogens with one attached hydrogen (secondary N) is 1. The van der Waals surface area contributed by atoms with Gasteiger partial charge in [0.25, 0.3) is 5.91 Å². The van der Waals surface area contributed by atoms with E-state index < -0.39 is 0 Å². The van der Waals surface area contributed by atoms with E-state index in [2.05, 4.69) is 24.4 Å². The molecular weight excluding hydrogens is 288 g/mol. The van der Waals surface area contributed by atoms with Crippen LogP contribution in [0.2, 0.25) is 0 Å². The zero-order valence-corrected chi connectivity index (χ0v) is 14.3. The molecule has 3 rings (SSSR count). The number of rotatable bonds is 3. The average Bonchev–Trinajstić information content (AvgIpc) is 2.62. The first-order valence-electron chi connectivity index (χ1n) is 8.83. The summed E-state index contributed by atoms with van der Waals surface area (Å²) in [6.07, 6.45) is 4.51. The Kier molecular flexibility index (Phi) is 5.34. The van der Waals surface area contributed by atoms with Crippen LogP contribution in [0.5, 0.6) is 0 Å². The van der Waals surface area contributed by atoms with Crippen LogP contribution in [0, 0.1) is 6.92 Å². The smallest absolute Gasteiger partial charge is 0.254 e. The summed E-state index contributed by atoms with van der Waals surface area (Å²) in [5.74, 6) is 0.774. The van der Waals surface area contributed by atoms with Crippen molar-refractivity contribution in [2.75, 3.05) is 33.3 Å². The van der Waals surface area contributed by atoms with Crippen LogP contribution >= 0.6 is 0 Å². The van der Waals surface area contributed by atoms with Crippen molar-refractivity contribution in [2.24, 2.45) is 0 Å². The largest absolute Gasteiger partial charge is 0.381 e. The minimum absolute atomic E-state index is 0.188. The quantitative estimate of drug-likeness (QED) is 0.932. The summed E-state index contributed by atoms with van der Waals surface area (Å²) >= 11 is 0. The summed E-state index contributed by atoms with van der Waals surface area (Å²) < 4.78 is 5.40. The lowest BCUT2D eigenvalue weighted by Gasteiger charge is -2.32. The lowest BCUT2D eigenvalue weighted by molar-refractivity contribution is 0.0350. The van der Waals surface area contributed by atoms with E-state index in [-0.39, 0.29) is 5.91 Å². The van der Waals surface area contributed by atoms with Crippen LogP contribution in [0.3, 0.4) is 0 Å². The third-order valence-electron chi connectivity index (χ3n) is 5.45. The summed E-state index contributed by atoms with van der Waals surface area (Å²) in [5.41, 5.74) is 3.43. The zero-order chi connectivity index (χ0) is 16.2. The van der Waals surface area contributed by atoms with Gasteiger partial charge in [0.15, 0.2) is 0 Å². The number of hydrogen-bond donors (Lipinski definition) is 1. The van der Waals surface area contributed by atoms with Crippen molar-refractivity contribution in [3.05, 3.63) is 34.9 Å². The predicted molar refractivity (Wildman–Crippen MR) is 92.0 cm³/mol. The third kappa shape index (κ3) is 3.59. The summed E-state index contributed by atoms with van der Waals surface area (Å²) in [5, 5.41) is 3.42. The van der Waals surface area contributed by atoms with E-state index in [1.165, 1.54) is 11.1 Å². The maximum absolute atomic E-state index is 12.9. The molecule has 23 heavy (non-hydrogen) atoms. The van der Waals surface area contributed by atoms with Crippen molar-refractivity contribution in [1.29, 1.82) is 0 Å². The van der Waals surface area contributed by atoms with Gasteiger partial charge in [-0.15, -0.1) is 0 Å². The number of amides is 1. The van der Waals surface area contributed by atoms with E-state index in [1.54, 1.807) is 7.11 Å². The lowest BCUT2D eigenvalue weighted by atomic mass is 9.85. The van der Waals surface area contributed by atoms with Gasteiger partial charge < -0.3 is 15.0 Å². The van der Waals surface area contributed by atoms with Crippen LogP contribution < -0.4 is 5.32 Å². The molecule has 4 nitrogen and oxygen atoms in total. The Bertz CT molecular complexity index is 544. The van der Waals surface area contributed by atoms with Crippen molar-refractivity contribution in [3.63, 3.8) is 0 Å². The van der Waals surface area contributed by atoms with Gasteiger partial charge in [0, 0.05) is 25.8 Å². The number of hydrogen-bond acceptors (Lipinski definition) is 3. The fraction of sp³-hybridized carbons (Fsp3) is 0.632. The van der Waals surface area contributed by atoms with Gasteiger partial charge >= 0.3 is 0 Å². The highest BCUT2D eigenvalue weighted by Crippen LogP contribution is 2.30. The summed E-state index contributed by atoms with van der Waals surface area (Å²) in [4.78, 5) is 14.9. The third-order valence-corrected chi connectivity index (χ3v) is 5.45. The fourth-order valence-corrected chi connectivity index (χ4v) is 3.93. The maximum atomic E-state index is 12.9. The van der Waals surface area contributed by atoms with Crippen LogP contribution in [0.1, 0.15) is 53.1 Å². The standard InChI is InChI=1S/C19H28N2O2/c1-14-17(15-6-10-20-11-7-15)4-3-5-18(14)19(22)21-12-8-16(23-2)9-13-21/h3-5,15-16,20H,6-13H2,1-2H3. The molecule has 0 radical (unpaired) electrons. The lowest BCUT2D eigenvalue weighted by Crippen LogP contribution is -2.41. The van der Waals surface area contributed by atoms with Gasteiger partial charge in [-0.1, -0.05) is 12.1 Å². The van der Waals surface area contributed by atoms with Crippen LogP contribution in [0.4, 0.5) is 0 Å². The molecule has 2 fully saturated rings. The molecule has 0 unspecified atom stereocenters. The average molecular weight is 316 g/mol. The van der Waals surface area contributed by atoms with Gasteiger partial charge in [-0.3, -0.25) is 4.79 Å². The van der Waals surface area contributed by atoms with E-state index in [1.807, 2.05) is 11.0 Å². The molecular formula is C19H28N2O2. The Labute approximate surface area is 139 Å². The summed E-state index contributed by atoms with van der Waals surface area (Å²) in [6.45, 7) is 5.87. The number of methoxy groups -OCH3 is 1. The zero-order valence-electron chi connectivity index (χ0n) is 14.3. The van der Waals surface area contributed by atoms with Gasteiger partial charge in [-0.25, -0.2) is 0 Å². The molecule has 2 saturated heterocycles. The first-order valence-corrected chi connectivity index (χ1v) is 8.83. The molecule has 0 saturated carbocycles. The molecule has 2 aliphatic heterocycles. The molecule has 1 N–H and O–H groups in total. The molecule has 1 aromatic carbocycles. The molecule has 4 heteroatoms. The molecule has 0 aromatic heterocycles. The number of ether oxygens (including phenoxy) is 1. The van der Waals surface area contributed by atoms with Crippen molar-refractivity contribution in [3.8, 4) is 0 Å². The van der Waals surface area contributed by atoms with Crippen molar-refractivity contribution in [2.45, 2.75) is 44.6 Å². The summed E-state index contributed by atoms with van der Waals surface area (Å²) in [6, 6.07) is 6.25. The van der Waals surface area contributed by atoms with E-state index >= 15 is 0 Å². The molecule has 1 amide bonds. The van der Waals surface area contributed by atoms with Crippen LogP contribution in [0.25, 0.3) is 0 Å². The Hall–Kier alpha value is -1.39. The number of piperidine rings is 2. The monoisotopic (exact) mass is 316 g/mol. The number of carbonyl (C=O) groups excluding carboxylic acids is 1. The highest BCUT2D eigenvalue weighted by atomic mass is 16.5. The molecule has 2 aliphatic rings. The first kappa shape index (κ1) is 16.5. The highest BCUT2D eigenvalue weighted by molar-refractivity contribution is 5.96. The Morgan fingerprint density at radius 2 is 1.87 bits per heavy atom. The van der Waals surface area contributed by atoms with Gasteiger partial charge in [0.2, 0.25) is 0 Å². The molecule has 0 spiro atoms. The minimum Gasteiger partial charge on any atom is -0.381 e. The van der Waals surface area contributed by atoms with E-state index in [0.29, 0.717) is 12.0 Å². The first-order chi connectivity index (χ1) is 11.2. The Morgan fingerprint density at radius 1 is 1.17 bits per heavy atom. The van der Waals surface area contributed by atoms with E-state index in [9.17, 15) is 4.79 Å². The predicted octanol–water partition coefficient (Wildman–Crippen LogP) is 2.71. The maximum Gasteiger partial charge on any atom is 0.254 e. The van der Waals surface area contributed by atoms with E-state index in [4.69, 9.17) is 4.74 Å². The van der Waals surface area contributed by atoms with Gasteiger partial charge in [-0.2, -0.15) is 0 Å². The molecule has 0 aliphatic carbocycles. The van der Waals surface area contributed by atoms with Crippen LogP contribution in [-0.4, -0.2) is 50.2 Å². The normalized spacial score (nSPS) is 20.7. The Morgan fingerprint density at radius 3 is 2.52 bits per heavy atom. The van der Waals surface area contributed by atoms with Crippen LogP contribution in [0.15, 0.2) is 18.2 Å². The molecule has 126 valence electrons. The summed E-state index contributed by atoms with van der Waals surface area (Å²) in [7, 11) is 1.76. The van der Waals surface area contributed by atoms with Gasteiger partial charge in [0.05, 0.1) is 6.10 Å². The van der Waals surface area contributed by atoms with Crippen molar-refractivity contribution in [1.82, 2.24) is 10.2 Å². The molecule has 0 bridgehead atoms. The Balaban J connectivity index is 1.76. The second kappa shape index (κ2) is 7.45. The number of benzene rings is 1. The van der Waals surface area contributed by atoms with Crippen molar-refractivity contribution < 1.29 is 9.53 Å². The van der Waals surface area contributed by atoms with Gasteiger partial charge in [-0.05, 0) is 68.8 Å². The number of carbonyl (C=O) groups is 1.